The van der Waals surface area contributed by atoms with Gasteiger partial charge in [-0.2, -0.15) is 5.26 Å². The number of amides is 1. The van der Waals surface area contributed by atoms with Crippen molar-refractivity contribution in [2.45, 2.75) is 39.9 Å². The maximum absolute atomic E-state index is 12.6. The molecule has 1 fully saturated rings. The lowest BCUT2D eigenvalue weighted by Crippen LogP contribution is -2.34. The van der Waals surface area contributed by atoms with Crippen molar-refractivity contribution in [3.8, 4) is 39.2 Å². The Hall–Kier alpha value is -4.89. The number of carboxylic acids is 1. The number of carbonyl (C=O) groups is 2. The number of fused-ring (bicyclic) bond motifs is 2. The first-order valence-electron chi connectivity index (χ1n) is 16.0. The van der Waals surface area contributed by atoms with E-state index in [-0.39, 0.29) is 11.8 Å². The van der Waals surface area contributed by atoms with Gasteiger partial charge in [-0.3, -0.25) is 14.5 Å². The molecule has 0 aliphatic carbocycles. The third-order valence-electron chi connectivity index (χ3n) is 9.37. The number of nitriles is 1. The van der Waals surface area contributed by atoms with E-state index in [0.717, 1.165) is 54.5 Å². The fourth-order valence-electron chi connectivity index (χ4n) is 6.84. The normalized spacial score (nSPS) is 16.2. The van der Waals surface area contributed by atoms with Crippen LogP contribution in [0.5, 0.6) is 0 Å². The van der Waals surface area contributed by atoms with Crippen LogP contribution in [0.4, 0.5) is 0 Å². The Kier molecular flexibility index (Phi) is 8.33. The van der Waals surface area contributed by atoms with Crippen molar-refractivity contribution in [2.75, 3.05) is 33.7 Å². The quantitative estimate of drug-likeness (QED) is 0.211. The lowest BCUT2D eigenvalue weighted by molar-refractivity contribution is -0.141. The van der Waals surface area contributed by atoms with E-state index in [4.69, 9.17) is 14.4 Å². The molecule has 48 heavy (non-hydrogen) atoms. The van der Waals surface area contributed by atoms with Crippen molar-refractivity contribution in [3.63, 3.8) is 0 Å². The Labute approximate surface area is 282 Å². The molecule has 5 aromatic rings. The van der Waals surface area contributed by atoms with Gasteiger partial charge >= 0.3 is 5.97 Å². The minimum atomic E-state index is -0.765. The summed E-state index contributed by atoms with van der Waals surface area (Å²) in [6.45, 7) is 7.46. The number of aromatic nitrogens is 2. The average Bonchev–Trinajstić information content (AvgIpc) is 3.84. The van der Waals surface area contributed by atoms with Gasteiger partial charge in [-0.05, 0) is 86.9 Å². The van der Waals surface area contributed by atoms with Crippen molar-refractivity contribution in [1.29, 1.82) is 5.26 Å². The van der Waals surface area contributed by atoms with Crippen molar-refractivity contribution < 1.29 is 19.1 Å². The number of likely N-dealkylation sites (N-methyl/N-ethyl adjacent to an activating group) is 1. The molecule has 2 aliphatic rings. The molecule has 2 aliphatic heterocycles. The molecule has 2 aromatic heterocycles. The number of likely N-dealkylation sites (tertiary alicyclic amines) is 1. The molecule has 1 N–H and O–H groups in total. The standard InChI is InChI=1S/C37H36N6O4S/c1-21-26(27-8-6-10-29(22(27)2)36-40-31-18-43(19-32(31)48-36)33(44)20-41(3)4)7-5-9-28(21)35-39-30-14-23(13-25(15-38)34(30)47-35)16-42-12-11-24(17-42)37(45)46/h5-10,13-14,24H,11-12,16-20H2,1-4H3,(H,45,46). The molecular formula is C37H36N6O4S. The zero-order valence-electron chi connectivity index (χ0n) is 27.4. The van der Waals surface area contributed by atoms with Crippen LogP contribution in [0, 0.1) is 31.1 Å². The van der Waals surface area contributed by atoms with Gasteiger partial charge in [-0.25, -0.2) is 9.97 Å². The van der Waals surface area contributed by atoms with Crippen LogP contribution in [0.15, 0.2) is 52.9 Å². The molecule has 0 bridgehead atoms. The number of carboxylic acid groups (broad SMARTS) is 1. The fourth-order valence-corrected chi connectivity index (χ4v) is 8.01. The summed E-state index contributed by atoms with van der Waals surface area (Å²) >= 11 is 1.66. The van der Waals surface area contributed by atoms with Gasteiger partial charge < -0.3 is 19.3 Å². The van der Waals surface area contributed by atoms with E-state index in [1.807, 2.05) is 48.2 Å². The molecule has 1 atom stereocenters. The highest BCUT2D eigenvalue weighted by Gasteiger charge is 2.29. The van der Waals surface area contributed by atoms with E-state index in [1.165, 1.54) is 0 Å². The second-order valence-corrected chi connectivity index (χ2v) is 14.1. The van der Waals surface area contributed by atoms with Gasteiger partial charge in [-0.1, -0.05) is 30.3 Å². The van der Waals surface area contributed by atoms with Crippen molar-refractivity contribution >= 4 is 34.3 Å². The van der Waals surface area contributed by atoms with Gasteiger partial charge in [0.15, 0.2) is 5.58 Å². The lowest BCUT2D eigenvalue weighted by Gasteiger charge is -2.18. The van der Waals surface area contributed by atoms with Gasteiger partial charge in [0.25, 0.3) is 0 Å². The SMILES string of the molecule is Cc1c(-c2nc3cc(CN4CCC(C(=O)O)C4)cc(C#N)c3o2)cccc1-c1cccc(-c2nc3c(s2)CN(C(=O)CN(C)C)C3)c1C. The summed E-state index contributed by atoms with van der Waals surface area (Å²) < 4.78 is 6.26. The first-order valence-corrected chi connectivity index (χ1v) is 16.8. The van der Waals surface area contributed by atoms with Crippen molar-refractivity contribution in [2.24, 2.45) is 5.92 Å². The average molecular weight is 661 g/mol. The van der Waals surface area contributed by atoms with Gasteiger partial charge in [0, 0.05) is 29.1 Å². The Morgan fingerprint density at radius 2 is 1.75 bits per heavy atom. The van der Waals surface area contributed by atoms with E-state index < -0.39 is 5.97 Å². The zero-order valence-corrected chi connectivity index (χ0v) is 28.2. The minimum Gasteiger partial charge on any atom is -0.481 e. The van der Waals surface area contributed by atoms with Crippen LogP contribution in [0.1, 0.15) is 39.2 Å². The third kappa shape index (κ3) is 5.87. The summed E-state index contributed by atoms with van der Waals surface area (Å²) in [4.78, 5) is 40.9. The van der Waals surface area contributed by atoms with Gasteiger partial charge in [0.1, 0.15) is 16.6 Å². The maximum atomic E-state index is 12.6. The molecule has 7 rings (SSSR count). The topological polar surface area (TPSA) is 127 Å². The Morgan fingerprint density at radius 1 is 1.04 bits per heavy atom. The highest BCUT2D eigenvalue weighted by Crippen LogP contribution is 2.40. The number of hydrogen-bond donors (Lipinski definition) is 1. The molecule has 0 saturated carbocycles. The van der Waals surface area contributed by atoms with Crippen LogP contribution in [0.25, 0.3) is 44.3 Å². The Bertz CT molecular complexity index is 2100. The van der Waals surface area contributed by atoms with Crippen LogP contribution in [0.2, 0.25) is 0 Å². The summed E-state index contributed by atoms with van der Waals surface area (Å²) in [5, 5.41) is 20.3. The van der Waals surface area contributed by atoms with E-state index in [0.29, 0.717) is 68.2 Å². The highest BCUT2D eigenvalue weighted by molar-refractivity contribution is 7.15. The minimum absolute atomic E-state index is 0.112. The molecule has 3 aromatic carbocycles. The molecule has 0 spiro atoms. The smallest absolute Gasteiger partial charge is 0.307 e. The molecule has 1 amide bonds. The number of hydrogen-bond acceptors (Lipinski definition) is 9. The van der Waals surface area contributed by atoms with E-state index in [2.05, 4.69) is 49.1 Å². The number of nitrogens with zero attached hydrogens (tertiary/aromatic N) is 6. The van der Waals surface area contributed by atoms with E-state index in [9.17, 15) is 20.0 Å². The van der Waals surface area contributed by atoms with E-state index >= 15 is 0 Å². The van der Waals surface area contributed by atoms with Crippen LogP contribution >= 0.6 is 11.3 Å². The Balaban J connectivity index is 1.17. The zero-order chi connectivity index (χ0) is 33.7. The second-order valence-electron chi connectivity index (χ2n) is 13.0. The molecule has 4 heterocycles. The van der Waals surface area contributed by atoms with Crippen LogP contribution in [-0.4, -0.2) is 75.4 Å². The summed E-state index contributed by atoms with van der Waals surface area (Å²) in [6.07, 6.45) is 0.624. The fraction of sp³-hybridized carbons (Fsp3) is 0.324. The monoisotopic (exact) mass is 660 g/mol. The molecular weight excluding hydrogens is 625 g/mol. The predicted molar refractivity (Wildman–Crippen MR) is 184 cm³/mol. The molecule has 1 saturated heterocycles. The summed E-state index contributed by atoms with van der Waals surface area (Å²) in [5.74, 6) is -0.565. The predicted octanol–water partition coefficient (Wildman–Crippen LogP) is 6.08. The third-order valence-corrected chi connectivity index (χ3v) is 10.5. The summed E-state index contributed by atoms with van der Waals surface area (Å²) in [6, 6.07) is 18.4. The van der Waals surface area contributed by atoms with Crippen LogP contribution in [-0.2, 0) is 29.2 Å². The number of rotatable bonds is 8. The van der Waals surface area contributed by atoms with E-state index in [1.54, 1.807) is 11.3 Å². The van der Waals surface area contributed by atoms with Gasteiger partial charge in [-0.15, -0.1) is 11.3 Å². The highest BCUT2D eigenvalue weighted by atomic mass is 32.1. The maximum Gasteiger partial charge on any atom is 0.307 e. The van der Waals surface area contributed by atoms with Gasteiger partial charge in [0.05, 0.1) is 36.8 Å². The number of thiazole rings is 1. The van der Waals surface area contributed by atoms with Crippen molar-refractivity contribution in [3.05, 3.63) is 81.4 Å². The van der Waals surface area contributed by atoms with Gasteiger partial charge in [0.2, 0.25) is 11.8 Å². The van der Waals surface area contributed by atoms with Crippen LogP contribution in [0.3, 0.4) is 0 Å². The molecule has 10 nitrogen and oxygen atoms in total. The van der Waals surface area contributed by atoms with Crippen molar-refractivity contribution in [1.82, 2.24) is 24.7 Å². The number of benzene rings is 3. The summed E-state index contributed by atoms with van der Waals surface area (Å²) in [7, 11) is 3.80. The largest absolute Gasteiger partial charge is 0.481 e. The lowest BCUT2D eigenvalue weighted by atomic mass is 9.91. The molecule has 11 heteroatoms. The number of oxazole rings is 1. The first kappa shape index (κ1) is 31.7. The van der Waals surface area contributed by atoms with Crippen LogP contribution < -0.4 is 0 Å². The molecule has 244 valence electrons. The summed E-state index contributed by atoms with van der Waals surface area (Å²) in [5.41, 5.74) is 9.54. The molecule has 1 unspecified atom stereocenters. The second kappa shape index (κ2) is 12.6. The Morgan fingerprint density at radius 3 is 2.42 bits per heavy atom. The number of aliphatic carboxylic acids is 1. The molecule has 0 radical (unpaired) electrons. The number of carbonyl (C=O) groups excluding carboxylic acids is 1. The first-order chi connectivity index (χ1) is 23.1.